The number of allylic oxidation sites excluding steroid dienone is 2. The van der Waals surface area contributed by atoms with E-state index in [0.717, 1.165) is 21.9 Å². The number of phenolic OH excluding ortho intramolecular Hbond substituents is 1. The van der Waals surface area contributed by atoms with Crippen LogP contribution in [0.5, 0.6) is 11.5 Å². The van der Waals surface area contributed by atoms with Gasteiger partial charge in [-0.2, -0.15) is 0 Å². The van der Waals surface area contributed by atoms with Gasteiger partial charge in [0, 0.05) is 18.9 Å². The number of anilines is 1. The van der Waals surface area contributed by atoms with Crippen molar-refractivity contribution in [1.29, 1.82) is 0 Å². The van der Waals surface area contributed by atoms with Crippen LogP contribution >= 0.6 is 45.8 Å². The molecule has 2 N–H and O–H groups in total. The molecular formula is C31H26Cl2FIN2O8. The van der Waals surface area contributed by atoms with Gasteiger partial charge in [0.15, 0.2) is 21.2 Å². The first kappa shape index (κ1) is 31.7. The van der Waals surface area contributed by atoms with Gasteiger partial charge in [-0.3, -0.25) is 28.9 Å². The maximum absolute atomic E-state index is 14.4. The first-order chi connectivity index (χ1) is 21.3. The van der Waals surface area contributed by atoms with Crippen LogP contribution in [0.1, 0.15) is 37.2 Å². The molecule has 45 heavy (non-hydrogen) atoms. The number of carbonyl (C=O) groups is 5. The minimum Gasteiger partial charge on any atom is -0.504 e. The van der Waals surface area contributed by atoms with Gasteiger partial charge in [0.2, 0.25) is 11.8 Å². The molecule has 2 aliphatic heterocycles. The number of carboxylic acids is 1. The average Bonchev–Trinajstić information content (AvgIpc) is 3.32. The van der Waals surface area contributed by atoms with Crippen molar-refractivity contribution in [3.8, 4) is 11.5 Å². The number of likely N-dealkylation sites (tertiary alicyclic amines) is 1. The SMILES string of the molecule is COc1cc(C2C3=CCC4C(=O)N(CCCC(=O)O)C(=O)C4C3CC3(Cl)C(=O)N(c4ccc(F)cc4)C(=O)C23Cl)cc(I)c1O. The van der Waals surface area contributed by atoms with Gasteiger partial charge in [-0.25, -0.2) is 9.29 Å². The summed E-state index contributed by atoms with van der Waals surface area (Å²) in [4.78, 5) is 64.7. The molecule has 0 spiro atoms. The minimum absolute atomic E-state index is 0.0593. The van der Waals surface area contributed by atoms with Crippen LogP contribution in [-0.2, 0) is 24.0 Å². The highest BCUT2D eigenvalue weighted by molar-refractivity contribution is 14.1. The first-order valence-electron chi connectivity index (χ1n) is 14.1. The fourth-order valence-corrected chi connectivity index (χ4v) is 8.92. The van der Waals surface area contributed by atoms with Crippen molar-refractivity contribution in [3.05, 3.63) is 63.0 Å². The van der Waals surface area contributed by atoms with Gasteiger partial charge in [-0.15, -0.1) is 23.2 Å². The molecule has 236 valence electrons. The molecular weight excluding hydrogens is 745 g/mol. The molecule has 6 rings (SSSR count). The van der Waals surface area contributed by atoms with Gasteiger partial charge in [-0.05, 0) is 89.7 Å². The zero-order chi connectivity index (χ0) is 32.6. The Kier molecular flexibility index (Phi) is 7.92. The summed E-state index contributed by atoms with van der Waals surface area (Å²) >= 11 is 16.6. The van der Waals surface area contributed by atoms with Gasteiger partial charge in [0.1, 0.15) is 5.82 Å². The number of methoxy groups -OCH3 is 1. The van der Waals surface area contributed by atoms with E-state index in [9.17, 15) is 33.5 Å². The van der Waals surface area contributed by atoms with Crippen molar-refractivity contribution in [3.63, 3.8) is 0 Å². The third kappa shape index (κ3) is 4.57. The lowest BCUT2D eigenvalue weighted by molar-refractivity contribution is -0.142. The predicted octanol–water partition coefficient (Wildman–Crippen LogP) is 4.57. The van der Waals surface area contributed by atoms with Crippen LogP contribution < -0.4 is 9.64 Å². The molecule has 2 heterocycles. The second kappa shape index (κ2) is 11.2. The Bertz CT molecular complexity index is 1700. The highest BCUT2D eigenvalue weighted by atomic mass is 127. The Balaban J connectivity index is 1.51. The molecule has 2 aliphatic carbocycles. The Morgan fingerprint density at radius 3 is 2.42 bits per heavy atom. The van der Waals surface area contributed by atoms with E-state index in [1.807, 2.05) is 22.6 Å². The summed E-state index contributed by atoms with van der Waals surface area (Å²) in [5.74, 6) is -7.93. The van der Waals surface area contributed by atoms with Gasteiger partial charge in [0.05, 0.1) is 28.2 Å². The number of amides is 4. The summed E-state index contributed by atoms with van der Waals surface area (Å²) in [5.41, 5.74) is 0.992. The summed E-state index contributed by atoms with van der Waals surface area (Å²) in [6, 6.07) is 7.81. The molecule has 3 fully saturated rings. The maximum atomic E-state index is 14.4. The second-order valence-corrected chi connectivity index (χ2v) is 14.0. The molecule has 4 amide bonds. The number of rotatable bonds is 7. The van der Waals surface area contributed by atoms with Crippen LogP contribution in [0, 0.1) is 27.1 Å². The van der Waals surface area contributed by atoms with Crippen LogP contribution in [0.2, 0.25) is 0 Å². The molecule has 14 heteroatoms. The highest BCUT2D eigenvalue weighted by Gasteiger charge is 2.76. The molecule has 2 aromatic carbocycles. The molecule has 2 saturated heterocycles. The number of aliphatic carboxylic acids is 1. The Morgan fingerprint density at radius 2 is 1.78 bits per heavy atom. The van der Waals surface area contributed by atoms with E-state index in [1.165, 1.54) is 25.3 Å². The minimum atomic E-state index is -2.13. The van der Waals surface area contributed by atoms with E-state index in [0.29, 0.717) is 14.7 Å². The van der Waals surface area contributed by atoms with Crippen LogP contribution in [0.4, 0.5) is 10.1 Å². The zero-order valence-corrected chi connectivity index (χ0v) is 27.3. The lowest BCUT2D eigenvalue weighted by Gasteiger charge is -2.50. The number of aromatic hydroxyl groups is 1. The third-order valence-corrected chi connectivity index (χ3v) is 11.6. The van der Waals surface area contributed by atoms with Crippen LogP contribution in [0.25, 0.3) is 0 Å². The summed E-state index contributed by atoms with van der Waals surface area (Å²) in [5, 5.41) is 19.7. The summed E-state index contributed by atoms with van der Waals surface area (Å²) in [7, 11) is 1.35. The fourth-order valence-electron chi connectivity index (χ4n) is 7.36. The standard InChI is InChI=1S/C31H26Cl2FIN2O8/c1-45-21-12-14(11-20(35)25(21)40)24-17-8-9-18-23(27(42)36(26(18)41)10-2-3-22(38)39)19(17)13-30(32)28(43)37(29(44)31(24,30)33)16-6-4-15(34)5-7-16/h4-8,11-12,18-19,23-24,40H,2-3,9-10,13H2,1H3,(H,38,39). The van der Waals surface area contributed by atoms with Gasteiger partial charge >= 0.3 is 5.97 Å². The number of phenols is 1. The van der Waals surface area contributed by atoms with Gasteiger partial charge in [-0.1, -0.05) is 11.6 Å². The van der Waals surface area contributed by atoms with Crippen molar-refractivity contribution in [2.24, 2.45) is 17.8 Å². The second-order valence-electron chi connectivity index (χ2n) is 11.6. The lowest BCUT2D eigenvalue weighted by atomic mass is 9.56. The fraction of sp³-hybridized carbons (Fsp3) is 0.387. The summed E-state index contributed by atoms with van der Waals surface area (Å²) in [6.45, 7) is -0.0724. The number of alkyl halides is 2. The molecule has 4 aliphatic rings. The average molecular weight is 771 g/mol. The molecule has 10 nitrogen and oxygen atoms in total. The van der Waals surface area contributed by atoms with Crippen molar-refractivity contribution in [1.82, 2.24) is 4.90 Å². The van der Waals surface area contributed by atoms with E-state index in [4.69, 9.17) is 33.0 Å². The van der Waals surface area contributed by atoms with E-state index < -0.39 is 68.8 Å². The van der Waals surface area contributed by atoms with Gasteiger partial charge in [0.25, 0.3) is 11.8 Å². The van der Waals surface area contributed by atoms with Gasteiger partial charge < -0.3 is 14.9 Å². The Labute approximate surface area is 280 Å². The quantitative estimate of drug-likeness (QED) is 0.181. The Morgan fingerprint density at radius 1 is 1.09 bits per heavy atom. The molecule has 0 bridgehead atoms. The van der Waals surface area contributed by atoms with Crippen molar-refractivity contribution >= 4 is 81.1 Å². The number of benzene rings is 2. The van der Waals surface area contributed by atoms with E-state index in [-0.39, 0.29) is 49.4 Å². The highest BCUT2D eigenvalue weighted by Crippen LogP contribution is 2.66. The van der Waals surface area contributed by atoms with Crippen molar-refractivity contribution < 1.29 is 43.3 Å². The van der Waals surface area contributed by atoms with Crippen LogP contribution in [0.15, 0.2) is 48.0 Å². The van der Waals surface area contributed by atoms with E-state index >= 15 is 0 Å². The number of halogens is 4. The van der Waals surface area contributed by atoms with Crippen LogP contribution in [-0.4, -0.2) is 68.1 Å². The molecule has 1 saturated carbocycles. The smallest absolute Gasteiger partial charge is 0.303 e. The molecule has 0 aromatic heterocycles. The number of fused-ring (bicyclic) bond motifs is 4. The number of hydrogen-bond acceptors (Lipinski definition) is 7. The lowest BCUT2D eigenvalue weighted by Crippen LogP contribution is -2.60. The number of imide groups is 2. The third-order valence-electron chi connectivity index (χ3n) is 9.36. The molecule has 6 unspecified atom stereocenters. The summed E-state index contributed by atoms with van der Waals surface area (Å²) in [6.07, 6.45) is 1.52. The van der Waals surface area contributed by atoms with Crippen molar-refractivity contribution in [2.45, 2.75) is 41.3 Å². The monoisotopic (exact) mass is 770 g/mol. The number of carboxylic acid groups (broad SMARTS) is 1. The Hall–Kier alpha value is -3.23. The first-order valence-corrected chi connectivity index (χ1v) is 16.0. The van der Waals surface area contributed by atoms with E-state index in [1.54, 1.807) is 12.1 Å². The number of carbonyl (C=O) groups excluding carboxylic acids is 4. The van der Waals surface area contributed by atoms with E-state index in [2.05, 4.69) is 0 Å². The number of ether oxygens (including phenoxy) is 1. The number of hydrogen-bond donors (Lipinski definition) is 2. The zero-order valence-electron chi connectivity index (χ0n) is 23.6. The summed E-state index contributed by atoms with van der Waals surface area (Å²) < 4.78 is 19.6. The maximum Gasteiger partial charge on any atom is 0.303 e. The normalized spacial score (nSPS) is 30.6. The molecule has 2 aromatic rings. The molecule has 0 radical (unpaired) electrons. The topological polar surface area (TPSA) is 142 Å². The number of nitrogens with zero attached hydrogens (tertiary/aromatic N) is 2. The predicted molar refractivity (Wildman–Crippen MR) is 168 cm³/mol. The van der Waals surface area contributed by atoms with Crippen LogP contribution in [0.3, 0.4) is 0 Å². The largest absolute Gasteiger partial charge is 0.504 e. The molecule has 6 atom stereocenters. The van der Waals surface area contributed by atoms with Crippen molar-refractivity contribution in [2.75, 3.05) is 18.6 Å².